The largest absolute Gasteiger partial charge is 0.326 e. The van der Waals surface area contributed by atoms with Gasteiger partial charge in [-0.25, -0.2) is 0 Å². The minimum absolute atomic E-state index is 0.0736. The summed E-state index contributed by atoms with van der Waals surface area (Å²) in [4.78, 5) is 14.4. The van der Waals surface area contributed by atoms with E-state index in [-0.39, 0.29) is 5.91 Å². The van der Waals surface area contributed by atoms with E-state index in [1.165, 1.54) is 12.8 Å². The molecule has 1 aliphatic rings. The van der Waals surface area contributed by atoms with Gasteiger partial charge in [-0.05, 0) is 43.5 Å². The van der Waals surface area contributed by atoms with E-state index in [4.69, 9.17) is 5.73 Å². The number of anilines is 1. The number of rotatable bonds is 5. The van der Waals surface area contributed by atoms with Gasteiger partial charge in [0.05, 0.1) is 0 Å². The van der Waals surface area contributed by atoms with Crippen molar-refractivity contribution >= 4 is 11.6 Å². The topological polar surface area (TPSA) is 58.4 Å². The molecule has 2 rings (SSSR count). The van der Waals surface area contributed by atoms with Crippen LogP contribution in [0.3, 0.4) is 0 Å². The number of nitrogens with zero attached hydrogens (tertiary/aromatic N) is 1. The molecule has 1 heterocycles. The number of likely N-dealkylation sites (tertiary alicyclic amines) is 1. The van der Waals surface area contributed by atoms with Gasteiger partial charge in [0.2, 0.25) is 5.91 Å². The molecule has 1 aromatic rings. The average molecular weight is 275 g/mol. The molecule has 0 atom stereocenters. The Labute approximate surface area is 121 Å². The number of hydrogen-bond donors (Lipinski definition) is 2. The predicted molar refractivity (Wildman–Crippen MR) is 82.4 cm³/mol. The molecule has 4 heteroatoms. The van der Waals surface area contributed by atoms with Crippen molar-refractivity contribution in [1.82, 2.24) is 4.90 Å². The van der Waals surface area contributed by atoms with Crippen LogP contribution in [0.1, 0.15) is 31.7 Å². The molecular weight excluding hydrogens is 250 g/mol. The number of carbonyl (C=O) groups is 1. The van der Waals surface area contributed by atoms with Crippen LogP contribution in [0.15, 0.2) is 24.3 Å². The zero-order chi connectivity index (χ0) is 14.4. The first-order valence-electron chi connectivity index (χ1n) is 7.49. The van der Waals surface area contributed by atoms with E-state index < -0.39 is 0 Å². The molecule has 0 aliphatic carbocycles. The Morgan fingerprint density at radius 3 is 2.75 bits per heavy atom. The monoisotopic (exact) mass is 275 g/mol. The highest BCUT2D eigenvalue weighted by atomic mass is 16.1. The number of nitrogens with one attached hydrogen (secondary N) is 1. The SMILES string of the molecule is CC1CCN(CCC(=O)Nc2ccccc2CN)CC1. The lowest BCUT2D eigenvalue weighted by Crippen LogP contribution is -2.35. The van der Waals surface area contributed by atoms with E-state index in [9.17, 15) is 4.79 Å². The standard InChI is InChI=1S/C16H25N3O/c1-13-6-9-19(10-7-13)11-8-16(20)18-15-5-3-2-4-14(15)12-17/h2-5,13H,6-12,17H2,1H3,(H,18,20). The van der Waals surface area contributed by atoms with E-state index in [2.05, 4.69) is 17.1 Å². The third-order valence-corrected chi connectivity index (χ3v) is 4.04. The fourth-order valence-electron chi connectivity index (χ4n) is 2.58. The van der Waals surface area contributed by atoms with Crippen LogP contribution < -0.4 is 11.1 Å². The highest BCUT2D eigenvalue weighted by Gasteiger charge is 2.16. The molecule has 0 saturated carbocycles. The van der Waals surface area contributed by atoms with E-state index in [0.717, 1.165) is 36.8 Å². The van der Waals surface area contributed by atoms with E-state index >= 15 is 0 Å². The Balaban J connectivity index is 1.78. The van der Waals surface area contributed by atoms with Gasteiger partial charge in [0.1, 0.15) is 0 Å². The molecule has 3 N–H and O–H groups in total. The van der Waals surface area contributed by atoms with Crippen LogP contribution in [0, 0.1) is 5.92 Å². The molecular formula is C16H25N3O. The molecule has 1 fully saturated rings. The lowest BCUT2D eigenvalue weighted by molar-refractivity contribution is -0.116. The molecule has 0 bridgehead atoms. The molecule has 20 heavy (non-hydrogen) atoms. The highest BCUT2D eigenvalue weighted by molar-refractivity contribution is 5.91. The zero-order valence-corrected chi connectivity index (χ0v) is 12.3. The smallest absolute Gasteiger partial charge is 0.225 e. The van der Waals surface area contributed by atoms with Crippen molar-refractivity contribution in [2.24, 2.45) is 11.7 Å². The lowest BCUT2D eigenvalue weighted by atomic mass is 9.99. The first kappa shape index (κ1) is 15.0. The fraction of sp³-hybridized carbons (Fsp3) is 0.562. The third-order valence-electron chi connectivity index (χ3n) is 4.04. The van der Waals surface area contributed by atoms with Crippen LogP contribution in [0.25, 0.3) is 0 Å². The Kier molecular flexibility index (Phi) is 5.56. The first-order valence-corrected chi connectivity index (χ1v) is 7.49. The number of carbonyl (C=O) groups excluding carboxylic acids is 1. The second-order valence-corrected chi connectivity index (χ2v) is 5.68. The minimum Gasteiger partial charge on any atom is -0.326 e. The van der Waals surface area contributed by atoms with Crippen LogP contribution >= 0.6 is 0 Å². The normalized spacial score (nSPS) is 17.1. The van der Waals surface area contributed by atoms with E-state index in [1.807, 2.05) is 24.3 Å². The van der Waals surface area contributed by atoms with Crippen LogP contribution in [0.5, 0.6) is 0 Å². The van der Waals surface area contributed by atoms with Crippen molar-refractivity contribution < 1.29 is 4.79 Å². The lowest BCUT2D eigenvalue weighted by Gasteiger charge is -2.29. The Morgan fingerprint density at radius 2 is 2.05 bits per heavy atom. The molecule has 1 aliphatic heterocycles. The second kappa shape index (κ2) is 7.41. The van der Waals surface area contributed by atoms with Crippen molar-refractivity contribution in [2.75, 3.05) is 25.0 Å². The summed E-state index contributed by atoms with van der Waals surface area (Å²) in [6, 6.07) is 7.71. The Morgan fingerprint density at radius 1 is 1.35 bits per heavy atom. The zero-order valence-electron chi connectivity index (χ0n) is 12.3. The average Bonchev–Trinajstić information content (AvgIpc) is 2.47. The summed E-state index contributed by atoms with van der Waals surface area (Å²) in [5, 5.41) is 2.96. The van der Waals surface area contributed by atoms with Crippen molar-refractivity contribution in [2.45, 2.75) is 32.7 Å². The summed E-state index contributed by atoms with van der Waals surface area (Å²) < 4.78 is 0. The van der Waals surface area contributed by atoms with Gasteiger partial charge in [-0.2, -0.15) is 0 Å². The number of para-hydroxylation sites is 1. The third kappa shape index (κ3) is 4.32. The molecule has 0 spiro atoms. The predicted octanol–water partition coefficient (Wildman–Crippen LogP) is 2.21. The number of nitrogens with two attached hydrogens (primary N) is 1. The summed E-state index contributed by atoms with van der Waals surface area (Å²) in [5.74, 6) is 0.904. The summed E-state index contributed by atoms with van der Waals surface area (Å²) >= 11 is 0. The molecule has 1 amide bonds. The van der Waals surface area contributed by atoms with Gasteiger partial charge < -0.3 is 16.0 Å². The maximum atomic E-state index is 12.0. The van der Waals surface area contributed by atoms with Gasteiger partial charge in [-0.3, -0.25) is 4.79 Å². The molecule has 1 aromatic carbocycles. The van der Waals surface area contributed by atoms with Gasteiger partial charge in [0.25, 0.3) is 0 Å². The van der Waals surface area contributed by atoms with Crippen LogP contribution in [-0.4, -0.2) is 30.4 Å². The van der Waals surface area contributed by atoms with Crippen LogP contribution in [0.2, 0.25) is 0 Å². The molecule has 1 saturated heterocycles. The van der Waals surface area contributed by atoms with Crippen molar-refractivity contribution in [3.63, 3.8) is 0 Å². The van der Waals surface area contributed by atoms with Crippen molar-refractivity contribution in [3.05, 3.63) is 29.8 Å². The van der Waals surface area contributed by atoms with Gasteiger partial charge in [-0.1, -0.05) is 25.1 Å². The van der Waals surface area contributed by atoms with Crippen LogP contribution in [-0.2, 0) is 11.3 Å². The Hall–Kier alpha value is -1.39. The van der Waals surface area contributed by atoms with Crippen molar-refractivity contribution in [3.8, 4) is 0 Å². The summed E-state index contributed by atoms with van der Waals surface area (Å²) in [6.07, 6.45) is 3.04. The van der Waals surface area contributed by atoms with E-state index in [0.29, 0.717) is 13.0 Å². The van der Waals surface area contributed by atoms with Crippen molar-refractivity contribution in [1.29, 1.82) is 0 Å². The maximum absolute atomic E-state index is 12.0. The highest BCUT2D eigenvalue weighted by Crippen LogP contribution is 2.17. The number of benzene rings is 1. The molecule has 0 aromatic heterocycles. The van der Waals surface area contributed by atoms with Gasteiger partial charge in [0, 0.05) is 25.2 Å². The molecule has 4 nitrogen and oxygen atoms in total. The first-order chi connectivity index (χ1) is 9.69. The van der Waals surface area contributed by atoms with Crippen LogP contribution in [0.4, 0.5) is 5.69 Å². The van der Waals surface area contributed by atoms with Gasteiger partial charge in [-0.15, -0.1) is 0 Å². The van der Waals surface area contributed by atoms with E-state index in [1.54, 1.807) is 0 Å². The molecule has 0 radical (unpaired) electrons. The number of hydrogen-bond acceptors (Lipinski definition) is 3. The maximum Gasteiger partial charge on any atom is 0.225 e. The molecule has 0 unspecified atom stereocenters. The van der Waals surface area contributed by atoms with Gasteiger partial charge >= 0.3 is 0 Å². The summed E-state index contributed by atoms with van der Waals surface area (Å²) in [5.41, 5.74) is 7.49. The summed E-state index contributed by atoms with van der Waals surface area (Å²) in [7, 11) is 0. The number of amides is 1. The second-order valence-electron chi connectivity index (χ2n) is 5.68. The number of piperidine rings is 1. The molecule has 110 valence electrons. The quantitative estimate of drug-likeness (QED) is 0.866. The Bertz CT molecular complexity index is 439. The fourth-order valence-corrected chi connectivity index (χ4v) is 2.58. The summed E-state index contributed by atoms with van der Waals surface area (Å²) in [6.45, 7) is 5.83. The minimum atomic E-state index is 0.0736. The van der Waals surface area contributed by atoms with Gasteiger partial charge in [0.15, 0.2) is 0 Å².